The molecule has 0 unspecified atom stereocenters. The van der Waals surface area contributed by atoms with Crippen LogP contribution in [0.15, 0.2) is 73.1 Å². The van der Waals surface area contributed by atoms with E-state index in [1.807, 2.05) is 48.5 Å². The van der Waals surface area contributed by atoms with Crippen molar-refractivity contribution in [1.29, 1.82) is 0 Å². The number of carboxylic acid groups (broad SMARTS) is 2. The smallest absolute Gasteiger partial charge is 0.414 e. The quantitative estimate of drug-likeness (QED) is 0.456. The number of hydrogen-bond donors (Lipinski definition) is 2. The van der Waals surface area contributed by atoms with Gasteiger partial charge in [-0.15, -0.1) is 0 Å². The van der Waals surface area contributed by atoms with Crippen LogP contribution in [0.5, 0.6) is 5.75 Å². The molecule has 2 aromatic carbocycles. The Hall–Kier alpha value is -4.44. The second kappa shape index (κ2) is 13.8. The summed E-state index contributed by atoms with van der Waals surface area (Å²) in [5, 5.41) is 15.4. The zero-order valence-electron chi connectivity index (χ0n) is 20.3. The monoisotopic (exact) mass is 539 g/mol. The Bertz CT molecular complexity index is 1270. The van der Waals surface area contributed by atoms with Crippen molar-refractivity contribution in [2.24, 2.45) is 0 Å². The molecule has 198 valence electrons. The van der Waals surface area contributed by atoms with Crippen molar-refractivity contribution < 1.29 is 34.1 Å². The number of carbonyl (C=O) groups is 4. The third-order valence-electron chi connectivity index (χ3n) is 5.56. The summed E-state index contributed by atoms with van der Waals surface area (Å²) < 4.78 is 5.84. The van der Waals surface area contributed by atoms with Gasteiger partial charge in [0.25, 0.3) is 5.91 Å². The van der Waals surface area contributed by atoms with E-state index in [1.54, 1.807) is 34.3 Å². The first-order valence-corrected chi connectivity index (χ1v) is 12.0. The van der Waals surface area contributed by atoms with Gasteiger partial charge < -0.3 is 24.7 Å². The summed E-state index contributed by atoms with van der Waals surface area (Å²) in [4.78, 5) is 51.4. The van der Waals surface area contributed by atoms with Crippen LogP contribution in [0.4, 0.5) is 0 Å². The van der Waals surface area contributed by atoms with E-state index in [0.717, 1.165) is 11.1 Å². The van der Waals surface area contributed by atoms with Crippen LogP contribution in [0.2, 0.25) is 5.02 Å². The molecular weight excluding hydrogens is 514 g/mol. The molecule has 0 saturated carbocycles. The predicted molar refractivity (Wildman–Crippen MR) is 138 cm³/mol. The lowest BCUT2D eigenvalue weighted by Gasteiger charge is -2.35. The molecule has 2 heterocycles. The fraction of sp³-hybridized carbons (Fsp3) is 0.222. The van der Waals surface area contributed by atoms with E-state index < -0.39 is 11.9 Å². The number of carboxylic acids is 2. The Kier molecular flexibility index (Phi) is 10.2. The maximum atomic E-state index is 13.0. The Balaban J connectivity index is 0.000000599. The largest absolute Gasteiger partial charge is 0.489 e. The number of nitrogens with zero attached hydrogens (tertiary/aromatic N) is 3. The van der Waals surface area contributed by atoms with Crippen molar-refractivity contribution >= 4 is 35.4 Å². The normalized spacial score (nSPS) is 12.7. The summed E-state index contributed by atoms with van der Waals surface area (Å²) in [6.07, 6.45) is 3.72. The molecule has 2 N–H and O–H groups in total. The van der Waals surface area contributed by atoms with Gasteiger partial charge >= 0.3 is 11.9 Å². The number of aliphatic carboxylic acids is 2. The summed E-state index contributed by atoms with van der Waals surface area (Å²) in [5.41, 5.74) is 2.43. The molecular formula is C27H26ClN3O7. The first-order valence-electron chi connectivity index (χ1n) is 11.6. The fourth-order valence-electron chi connectivity index (χ4n) is 3.64. The molecule has 1 saturated heterocycles. The van der Waals surface area contributed by atoms with Crippen LogP contribution < -0.4 is 4.74 Å². The Morgan fingerprint density at radius 2 is 1.50 bits per heavy atom. The minimum absolute atomic E-state index is 0.0570. The number of ether oxygens (including phenoxy) is 1. The van der Waals surface area contributed by atoms with Gasteiger partial charge in [0.15, 0.2) is 0 Å². The highest BCUT2D eigenvalue weighted by atomic mass is 35.5. The third-order valence-corrected chi connectivity index (χ3v) is 5.79. The van der Waals surface area contributed by atoms with Gasteiger partial charge in [-0.05, 0) is 47.5 Å². The highest BCUT2D eigenvalue weighted by Crippen LogP contribution is 2.19. The van der Waals surface area contributed by atoms with Gasteiger partial charge in [-0.25, -0.2) is 9.59 Å². The van der Waals surface area contributed by atoms with Gasteiger partial charge in [-0.3, -0.25) is 14.6 Å². The van der Waals surface area contributed by atoms with Gasteiger partial charge in [-0.1, -0.05) is 35.9 Å². The molecule has 38 heavy (non-hydrogen) atoms. The van der Waals surface area contributed by atoms with E-state index >= 15 is 0 Å². The van der Waals surface area contributed by atoms with Gasteiger partial charge in [0.05, 0.1) is 6.42 Å². The number of halogens is 1. The molecule has 4 rings (SSSR count). The lowest BCUT2D eigenvalue weighted by atomic mass is 10.1. The molecule has 2 amide bonds. The van der Waals surface area contributed by atoms with E-state index in [9.17, 15) is 9.59 Å². The lowest BCUT2D eigenvalue weighted by Crippen LogP contribution is -2.51. The standard InChI is InChI=1S/C25H24ClN3O3.C2H2O4/c26-22-7-1-4-20(14-22)18-32-23-8-2-6-21(16-23)25(31)29-12-10-28(11-13-29)24(30)15-19-5-3-9-27-17-19;3-1(4)2(5)6/h1-9,14,16-17H,10-13,15,18H2;(H,3,4)(H,5,6). The topological polar surface area (TPSA) is 137 Å². The maximum Gasteiger partial charge on any atom is 0.414 e. The average molecular weight is 540 g/mol. The Labute approximate surface area is 224 Å². The summed E-state index contributed by atoms with van der Waals surface area (Å²) in [6, 6.07) is 18.4. The average Bonchev–Trinajstić information content (AvgIpc) is 2.92. The van der Waals surface area contributed by atoms with Crippen molar-refractivity contribution in [2.45, 2.75) is 13.0 Å². The minimum Gasteiger partial charge on any atom is -0.489 e. The van der Waals surface area contributed by atoms with Crippen molar-refractivity contribution in [1.82, 2.24) is 14.8 Å². The number of carbonyl (C=O) groups excluding carboxylic acids is 2. The van der Waals surface area contributed by atoms with Crippen LogP contribution in [-0.4, -0.2) is 74.9 Å². The molecule has 1 aliphatic heterocycles. The van der Waals surface area contributed by atoms with Gasteiger partial charge in [0.2, 0.25) is 5.91 Å². The number of benzene rings is 2. The summed E-state index contributed by atoms with van der Waals surface area (Å²) in [5.74, 6) is -3.02. The number of aromatic nitrogens is 1. The number of pyridine rings is 1. The highest BCUT2D eigenvalue weighted by Gasteiger charge is 2.25. The van der Waals surface area contributed by atoms with E-state index in [0.29, 0.717) is 55.5 Å². The van der Waals surface area contributed by atoms with Gasteiger partial charge in [0, 0.05) is 49.2 Å². The van der Waals surface area contributed by atoms with Gasteiger partial charge in [-0.2, -0.15) is 0 Å². The second-order valence-electron chi connectivity index (χ2n) is 8.27. The van der Waals surface area contributed by atoms with Crippen molar-refractivity contribution in [3.8, 4) is 5.75 Å². The van der Waals surface area contributed by atoms with Gasteiger partial charge in [0.1, 0.15) is 12.4 Å². The second-order valence-corrected chi connectivity index (χ2v) is 8.70. The summed E-state index contributed by atoms with van der Waals surface area (Å²) in [6.45, 7) is 2.43. The summed E-state index contributed by atoms with van der Waals surface area (Å²) in [7, 11) is 0. The van der Waals surface area contributed by atoms with Crippen molar-refractivity contribution in [2.75, 3.05) is 26.2 Å². The van der Waals surface area contributed by atoms with Crippen LogP contribution >= 0.6 is 11.6 Å². The van der Waals surface area contributed by atoms with Crippen LogP contribution in [-0.2, 0) is 27.4 Å². The highest BCUT2D eigenvalue weighted by molar-refractivity contribution is 6.30. The third kappa shape index (κ3) is 8.59. The molecule has 10 nitrogen and oxygen atoms in total. The molecule has 0 bridgehead atoms. The van der Waals surface area contributed by atoms with E-state index in [4.69, 9.17) is 36.1 Å². The zero-order valence-corrected chi connectivity index (χ0v) is 21.1. The summed E-state index contributed by atoms with van der Waals surface area (Å²) >= 11 is 6.02. The maximum absolute atomic E-state index is 13.0. The zero-order chi connectivity index (χ0) is 27.5. The van der Waals surface area contributed by atoms with Crippen LogP contribution in [0, 0.1) is 0 Å². The molecule has 0 aliphatic carbocycles. The molecule has 0 radical (unpaired) electrons. The number of piperazine rings is 1. The fourth-order valence-corrected chi connectivity index (χ4v) is 3.86. The molecule has 3 aromatic rings. The number of rotatable bonds is 6. The van der Waals surface area contributed by atoms with Crippen molar-refractivity contribution in [3.05, 3.63) is 94.8 Å². The van der Waals surface area contributed by atoms with Crippen LogP contribution in [0.25, 0.3) is 0 Å². The first kappa shape index (κ1) is 28.1. The van der Waals surface area contributed by atoms with Crippen LogP contribution in [0.1, 0.15) is 21.5 Å². The Morgan fingerprint density at radius 1 is 0.842 bits per heavy atom. The molecule has 11 heteroatoms. The van der Waals surface area contributed by atoms with Crippen molar-refractivity contribution in [3.63, 3.8) is 0 Å². The molecule has 0 spiro atoms. The van der Waals surface area contributed by atoms with E-state index in [1.165, 1.54) is 0 Å². The first-order chi connectivity index (χ1) is 18.2. The number of amides is 2. The molecule has 1 aliphatic rings. The van der Waals surface area contributed by atoms with E-state index in [2.05, 4.69) is 4.98 Å². The number of hydrogen-bond acceptors (Lipinski definition) is 6. The minimum atomic E-state index is -1.82. The van der Waals surface area contributed by atoms with Crippen LogP contribution in [0.3, 0.4) is 0 Å². The molecule has 1 aromatic heterocycles. The molecule has 1 fully saturated rings. The Morgan fingerprint density at radius 3 is 2.13 bits per heavy atom. The molecule has 0 atom stereocenters. The SMILES string of the molecule is O=C(Cc1cccnc1)N1CCN(C(=O)c2cccc(OCc3cccc(Cl)c3)c2)CC1.O=C(O)C(=O)O. The predicted octanol–water partition coefficient (Wildman–Crippen LogP) is 3.00. The lowest BCUT2D eigenvalue weighted by molar-refractivity contribution is -0.159. The van der Waals surface area contributed by atoms with E-state index in [-0.39, 0.29) is 11.8 Å².